The van der Waals surface area contributed by atoms with Gasteiger partial charge >= 0.3 is 5.13 Å². The molecular formula is C11H19N5OS2. The summed E-state index contributed by atoms with van der Waals surface area (Å²) >= 11 is 3.16. The van der Waals surface area contributed by atoms with Gasteiger partial charge in [0.05, 0.1) is 6.54 Å². The molecule has 2 saturated heterocycles. The largest absolute Gasteiger partial charge is 0.623 e. The van der Waals surface area contributed by atoms with Crippen LogP contribution < -0.4 is 4.65 Å². The van der Waals surface area contributed by atoms with Crippen molar-refractivity contribution < 1.29 is 0 Å². The number of hydrogen-bond donors (Lipinski definition) is 0. The van der Waals surface area contributed by atoms with Gasteiger partial charge in [0.25, 0.3) is 0 Å². The fourth-order valence-electron chi connectivity index (χ4n) is 2.45. The molecule has 0 amide bonds. The van der Waals surface area contributed by atoms with Crippen LogP contribution in [0.5, 0.6) is 0 Å². The minimum absolute atomic E-state index is 0.00183. The summed E-state index contributed by atoms with van der Waals surface area (Å²) in [5.74, 6) is 1.03. The van der Waals surface area contributed by atoms with E-state index in [-0.39, 0.29) is 10.8 Å². The highest BCUT2D eigenvalue weighted by atomic mass is 32.2. The van der Waals surface area contributed by atoms with Crippen LogP contribution in [0.25, 0.3) is 0 Å². The molecule has 2 unspecified atom stereocenters. The zero-order chi connectivity index (χ0) is 13.5. The molecule has 1 aromatic heterocycles. The molecule has 2 aliphatic heterocycles. The number of quaternary nitrogens is 1. The third kappa shape index (κ3) is 2.65. The van der Waals surface area contributed by atoms with Crippen molar-refractivity contribution in [2.75, 3.05) is 39.1 Å². The van der Waals surface area contributed by atoms with Crippen molar-refractivity contribution >= 4 is 28.2 Å². The third-order valence-electron chi connectivity index (χ3n) is 3.46. The molecular weight excluding hydrogens is 282 g/mol. The van der Waals surface area contributed by atoms with Crippen LogP contribution in [0.15, 0.2) is 4.34 Å². The van der Waals surface area contributed by atoms with E-state index in [4.69, 9.17) is 0 Å². The molecule has 6 nitrogen and oxygen atoms in total. The Labute approximate surface area is 121 Å². The summed E-state index contributed by atoms with van der Waals surface area (Å²) in [6, 6.07) is 0. The van der Waals surface area contributed by atoms with Crippen molar-refractivity contribution in [1.29, 1.82) is 0 Å². The van der Waals surface area contributed by atoms with Crippen LogP contribution in [0.4, 0.5) is 5.13 Å². The summed E-state index contributed by atoms with van der Waals surface area (Å²) in [7, 11) is 2.00. The van der Waals surface area contributed by atoms with Crippen molar-refractivity contribution in [3.8, 4) is 0 Å². The zero-order valence-electron chi connectivity index (χ0n) is 11.3. The Morgan fingerprint density at radius 2 is 2.26 bits per heavy atom. The number of rotatable bonds is 5. The summed E-state index contributed by atoms with van der Waals surface area (Å²) < 4.78 is 0.574. The second-order valence-electron chi connectivity index (χ2n) is 5.19. The van der Waals surface area contributed by atoms with Gasteiger partial charge in [-0.2, -0.15) is 0 Å². The average molecular weight is 301 g/mol. The zero-order valence-corrected chi connectivity index (χ0v) is 12.9. The van der Waals surface area contributed by atoms with E-state index in [1.807, 2.05) is 7.05 Å². The van der Waals surface area contributed by atoms with Crippen LogP contribution in [0.3, 0.4) is 0 Å². The van der Waals surface area contributed by atoms with Gasteiger partial charge in [-0.25, -0.2) is 4.90 Å². The number of likely N-dealkylation sites (N-methyl/N-ethyl adjacent to an activating group) is 1. The predicted octanol–water partition coefficient (Wildman–Crippen LogP) is 1.39. The fourth-order valence-corrected chi connectivity index (χ4v) is 4.29. The van der Waals surface area contributed by atoms with Crippen molar-refractivity contribution in [3.05, 3.63) is 5.21 Å². The van der Waals surface area contributed by atoms with E-state index in [9.17, 15) is 5.21 Å². The van der Waals surface area contributed by atoms with Crippen LogP contribution >= 0.6 is 23.1 Å². The van der Waals surface area contributed by atoms with Gasteiger partial charge in [-0.05, 0) is 24.8 Å². The van der Waals surface area contributed by atoms with E-state index < -0.39 is 0 Å². The first-order valence-electron chi connectivity index (χ1n) is 6.61. The lowest BCUT2D eigenvalue weighted by atomic mass is 10.4. The Balaban J connectivity index is 1.80. The lowest BCUT2D eigenvalue weighted by Crippen LogP contribution is -2.52. The van der Waals surface area contributed by atoms with Gasteiger partial charge < -0.3 is 5.21 Å². The molecule has 0 saturated carbocycles. The van der Waals surface area contributed by atoms with Gasteiger partial charge in [0.15, 0.2) is 10.5 Å². The summed E-state index contributed by atoms with van der Waals surface area (Å²) in [5.41, 5.74) is 0. The van der Waals surface area contributed by atoms with E-state index in [2.05, 4.69) is 26.9 Å². The molecule has 2 fully saturated rings. The van der Waals surface area contributed by atoms with Crippen LogP contribution in [0.1, 0.15) is 13.3 Å². The first-order valence-corrected chi connectivity index (χ1v) is 8.42. The summed E-state index contributed by atoms with van der Waals surface area (Å²) in [6.07, 6.45) is 1.11. The van der Waals surface area contributed by atoms with E-state index in [0.717, 1.165) is 36.1 Å². The lowest BCUT2D eigenvalue weighted by Gasteiger charge is -2.39. The van der Waals surface area contributed by atoms with Crippen molar-refractivity contribution in [2.24, 2.45) is 0 Å². The van der Waals surface area contributed by atoms with Crippen molar-refractivity contribution in [1.82, 2.24) is 24.6 Å². The Morgan fingerprint density at radius 1 is 1.47 bits per heavy atom. The van der Waals surface area contributed by atoms with Crippen molar-refractivity contribution in [3.63, 3.8) is 0 Å². The van der Waals surface area contributed by atoms with Gasteiger partial charge in [0.1, 0.15) is 6.67 Å². The summed E-state index contributed by atoms with van der Waals surface area (Å²) in [6.45, 7) is 5.52. The highest BCUT2D eigenvalue weighted by molar-refractivity contribution is 8.01. The maximum absolute atomic E-state index is 13.2. The van der Waals surface area contributed by atoms with E-state index >= 15 is 0 Å². The van der Waals surface area contributed by atoms with Gasteiger partial charge in [0.2, 0.25) is 0 Å². The first kappa shape index (κ1) is 13.7. The highest BCUT2D eigenvalue weighted by Crippen LogP contribution is 2.38. The monoisotopic (exact) mass is 301 g/mol. The molecule has 3 heterocycles. The summed E-state index contributed by atoms with van der Waals surface area (Å²) in [4.78, 5) is 4.33. The highest BCUT2D eigenvalue weighted by Gasteiger charge is 2.48. The molecule has 19 heavy (non-hydrogen) atoms. The topological polar surface area (TPSA) is 55.1 Å². The van der Waals surface area contributed by atoms with E-state index in [1.54, 1.807) is 11.8 Å². The normalized spacial score (nSPS) is 32.1. The van der Waals surface area contributed by atoms with Gasteiger partial charge in [-0.1, -0.05) is 23.8 Å². The molecule has 0 spiro atoms. The van der Waals surface area contributed by atoms with Crippen LogP contribution in [-0.2, 0) is 0 Å². The molecule has 2 aliphatic rings. The number of thioether (sulfide) groups is 1. The Hall–Kier alpha value is -0.250. The lowest BCUT2D eigenvalue weighted by molar-refractivity contribution is 0.233. The Kier molecular flexibility index (Phi) is 3.80. The fraction of sp³-hybridized carbons (Fsp3) is 0.818. The molecule has 8 heteroatoms. The molecule has 0 N–H and O–H groups in total. The van der Waals surface area contributed by atoms with E-state index in [1.165, 1.54) is 11.3 Å². The van der Waals surface area contributed by atoms with Gasteiger partial charge in [0, 0.05) is 18.8 Å². The second-order valence-corrected chi connectivity index (χ2v) is 7.49. The minimum atomic E-state index is -0.346. The molecule has 0 radical (unpaired) electrons. The molecule has 2 atom stereocenters. The first-order chi connectivity index (χ1) is 9.13. The quantitative estimate of drug-likeness (QED) is 0.354. The second kappa shape index (κ2) is 5.27. The van der Waals surface area contributed by atoms with E-state index in [0.29, 0.717) is 11.8 Å². The molecule has 106 valence electrons. The molecule has 1 aromatic rings. The third-order valence-corrected chi connectivity index (χ3v) is 5.83. The number of hydroxylamine groups is 2. The Bertz CT molecular complexity index is 452. The number of aromatic nitrogens is 2. The maximum atomic E-state index is 13.2. The average Bonchev–Trinajstić information content (AvgIpc) is 3.01. The molecule has 3 rings (SSSR count). The molecule has 0 bridgehead atoms. The number of hydrogen-bond acceptors (Lipinski definition) is 7. The van der Waals surface area contributed by atoms with Crippen LogP contribution in [0.2, 0.25) is 0 Å². The van der Waals surface area contributed by atoms with Crippen LogP contribution in [-0.4, -0.2) is 65.3 Å². The van der Waals surface area contributed by atoms with Gasteiger partial charge in [-0.3, -0.25) is 9.55 Å². The molecule has 0 aliphatic carbocycles. The Morgan fingerprint density at radius 3 is 2.95 bits per heavy atom. The minimum Gasteiger partial charge on any atom is -0.623 e. The summed E-state index contributed by atoms with van der Waals surface area (Å²) in [5, 5.41) is 22.1. The van der Waals surface area contributed by atoms with Crippen LogP contribution in [0, 0.1) is 5.21 Å². The maximum Gasteiger partial charge on any atom is 0.309 e. The smallest absolute Gasteiger partial charge is 0.309 e. The molecule has 0 aromatic carbocycles. The van der Waals surface area contributed by atoms with Crippen molar-refractivity contribution in [2.45, 2.75) is 23.8 Å². The predicted molar refractivity (Wildman–Crippen MR) is 78.9 cm³/mol. The standard InChI is InChI=1S/C11H19N5OS2/c1-3-6-18-11-13-12-10(19-11)16(17)8-14(2)7-9(16)15-4-5-15/h9H,3-8H2,1-2H3. The number of nitrogens with zero attached hydrogens (tertiary/aromatic N) is 5. The van der Waals surface area contributed by atoms with Gasteiger partial charge in [-0.15, -0.1) is 5.10 Å². The SMILES string of the molecule is CCCSc1nnc([N+]2([O-])CN(C)CC2N2CC2)s1.